The molecule has 0 spiro atoms. The second-order valence-electron chi connectivity index (χ2n) is 2.99. The van der Waals surface area contributed by atoms with E-state index in [1.807, 2.05) is 0 Å². The molecule has 0 saturated carbocycles. The van der Waals surface area contributed by atoms with Gasteiger partial charge in [0, 0.05) is 19.4 Å². The predicted molar refractivity (Wildman–Crippen MR) is 59.2 cm³/mol. The van der Waals surface area contributed by atoms with Crippen LogP contribution in [0.25, 0.3) is 0 Å². The minimum atomic E-state index is -0.270. The molecular formula is C10H13ClN2O2. The SMILES string of the molecule is CCOC(=O)CN(C)c1ccncc1Cl. The van der Waals surface area contributed by atoms with Crippen LogP contribution < -0.4 is 4.90 Å². The third-order valence-electron chi connectivity index (χ3n) is 1.83. The number of pyridine rings is 1. The van der Waals surface area contributed by atoms with Gasteiger partial charge in [-0.15, -0.1) is 0 Å². The zero-order valence-corrected chi connectivity index (χ0v) is 9.49. The molecule has 0 aliphatic heterocycles. The van der Waals surface area contributed by atoms with Crippen LogP contribution in [0.3, 0.4) is 0 Å². The van der Waals surface area contributed by atoms with Gasteiger partial charge < -0.3 is 9.64 Å². The fourth-order valence-electron chi connectivity index (χ4n) is 1.16. The zero-order chi connectivity index (χ0) is 11.3. The predicted octanol–water partition coefficient (Wildman–Crippen LogP) is 1.73. The highest BCUT2D eigenvalue weighted by atomic mass is 35.5. The van der Waals surface area contributed by atoms with Crippen LogP contribution in [0.15, 0.2) is 18.5 Å². The molecule has 82 valence electrons. The van der Waals surface area contributed by atoms with Gasteiger partial charge in [0.1, 0.15) is 6.54 Å². The largest absolute Gasteiger partial charge is 0.465 e. The molecule has 1 aromatic rings. The minimum Gasteiger partial charge on any atom is -0.465 e. The summed E-state index contributed by atoms with van der Waals surface area (Å²) in [6, 6.07) is 1.75. The van der Waals surface area contributed by atoms with E-state index in [0.29, 0.717) is 11.6 Å². The number of carbonyl (C=O) groups is 1. The summed E-state index contributed by atoms with van der Waals surface area (Å²) in [5, 5.41) is 0.518. The van der Waals surface area contributed by atoms with Crippen molar-refractivity contribution in [2.45, 2.75) is 6.92 Å². The van der Waals surface area contributed by atoms with E-state index in [9.17, 15) is 4.79 Å². The van der Waals surface area contributed by atoms with E-state index in [1.165, 1.54) is 0 Å². The van der Waals surface area contributed by atoms with Crippen molar-refractivity contribution in [2.75, 3.05) is 25.1 Å². The number of carbonyl (C=O) groups excluding carboxylic acids is 1. The summed E-state index contributed by atoms with van der Waals surface area (Å²) in [7, 11) is 1.78. The first-order valence-corrected chi connectivity index (χ1v) is 4.99. The highest BCUT2D eigenvalue weighted by Crippen LogP contribution is 2.22. The molecule has 0 aromatic carbocycles. The third-order valence-corrected chi connectivity index (χ3v) is 2.13. The fourth-order valence-corrected chi connectivity index (χ4v) is 1.43. The topological polar surface area (TPSA) is 42.4 Å². The van der Waals surface area contributed by atoms with Gasteiger partial charge in [-0.1, -0.05) is 11.6 Å². The molecule has 0 saturated heterocycles. The molecule has 0 unspecified atom stereocenters. The van der Waals surface area contributed by atoms with Gasteiger partial charge in [0.15, 0.2) is 0 Å². The Labute approximate surface area is 93.8 Å². The van der Waals surface area contributed by atoms with Crippen LogP contribution in [0.2, 0.25) is 5.02 Å². The number of anilines is 1. The number of hydrogen-bond donors (Lipinski definition) is 0. The first-order valence-electron chi connectivity index (χ1n) is 4.61. The Morgan fingerprint density at radius 3 is 3.00 bits per heavy atom. The van der Waals surface area contributed by atoms with Crippen LogP contribution in [0.5, 0.6) is 0 Å². The van der Waals surface area contributed by atoms with Gasteiger partial charge in [0.25, 0.3) is 0 Å². The van der Waals surface area contributed by atoms with Crippen molar-refractivity contribution in [2.24, 2.45) is 0 Å². The number of aromatic nitrogens is 1. The van der Waals surface area contributed by atoms with Gasteiger partial charge >= 0.3 is 5.97 Å². The van der Waals surface area contributed by atoms with Crippen molar-refractivity contribution in [3.63, 3.8) is 0 Å². The summed E-state index contributed by atoms with van der Waals surface area (Å²) in [6.45, 7) is 2.34. The Morgan fingerprint density at radius 1 is 1.67 bits per heavy atom. The monoisotopic (exact) mass is 228 g/mol. The van der Waals surface area contributed by atoms with Crippen molar-refractivity contribution < 1.29 is 9.53 Å². The lowest BCUT2D eigenvalue weighted by Gasteiger charge is -2.18. The van der Waals surface area contributed by atoms with E-state index in [0.717, 1.165) is 5.69 Å². The van der Waals surface area contributed by atoms with Crippen molar-refractivity contribution in [1.82, 2.24) is 4.98 Å². The smallest absolute Gasteiger partial charge is 0.325 e. The van der Waals surface area contributed by atoms with E-state index in [2.05, 4.69) is 4.98 Å². The summed E-state index contributed by atoms with van der Waals surface area (Å²) in [4.78, 5) is 16.8. The van der Waals surface area contributed by atoms with Gasteiger partial charge in [0.2, 0.25) is 0 Å². The highest BCUT2D eigenvalue weighted by Gasteiger charge is 2.10. The van der Waals surface area contributed by atoms with Gasteiger partial charge in [-0.25, -0.2) is 0 Å². The van der Waals surface area contributed by atoms with Gasteiger partial charge in [-0.05, 0) is 13.0 Å². The van der Waals surface area contributed by atoms with E-state index in [-0.39, 0.29) is 12.5 Å². The fraction of sp³-hybridized carbons (Fsp3) is 0.400. The lowest BCUT2D eigenvalue weighted by atomic mass is 10.3. The van der Waals surface area contributed by atoms with Crippen molar-refractivity contribution >= 4 is 23.3 Å². The van der Waals surface area contributed by atoms with Crippen LogP contribution in [0.1, 0.15) is 6.92 Å². The molecule has 0 fully saturated rings. The second kappa shape index (κ2) is 5.56. The average molecular weight is 229 g/mol. The maximum Gasteiger partial charge on any atom is 0.325 e. The van der Waals surface area contributed by atoms with Gasteiger partial charge in [-0.2, -0.15) is 0 Å². The van der Waals surface area contributed by atoms with Crippen LogP contribution >= 0.6 is 11.6 Å². The maximum absolute atomic E-state index is 11.2. The Bertz CT molecular complexity index is 344. The van der Waals surface area contributed by atoms with E-state index < -0.39 is 0 Å². The first-order chi connectivity index (χ1) is 7.15. The molecule has 0 aliphatic rings. The number of esters is 1. The lowest BCUT2D eigenvalue weighted by Crippen LogP contribution is -2.27. The summed E-state index contributed by atoms with van der Waals surface area (Å²) in [5.74, 6) is -0.270. The molecule has 0 bridgehead atoms. The molecule has 1 heterocycles. The molecular weight excluding hydrogens is 216 g/mol. The normalized spacial score (nSPS) is 9.80. The van der Waals surface area contributed by atoms with Crippen LogP contribution in [0, 0.1) is 0 Å². The summed E-state index contributed by atoms with van der Waals surface area (Å²) in [5.41, 5.74) is 0.764. The standard InChI is InChI=1S/C10H13ClN2O2/c1-3-15-10(14)7-13(2)9-4-5-12-6-8(9)11/h4-6H,3,7H2,1-2H3. The Morgan fingerprint density at radius 2 is 2.40 bits per heavy atom. The quantitative estimate of drug-likeness (QED) is 0.737. The zero-order valence-electron chi connectivity index (χ0n) is 8.74. The van der Waals surface area contributed by atoms with Crippen LogP contribution in [-0.4, -0.2) is 31.2 Å². The Hall–Kier alpha value is -1.29. The maximum atomic E-state index is 11.2. The van der Waals surface area contributed by atoms with Crippen molar-refractivity contribution in [1.29, 1.82) is 0 Å². The summed E-state index contributed by atoms with van der Waals surface area (Å²) >= 11 is 5.92. The molecule has 0 aliphatic carbocycles. The average Bonchev–Trinajstić information content (AvgIpc) is 2.18. The second-order valence-corrected chi connectivity index (χ2v) is 3.40. The molecule has 15 heavy (non-hydrogen) atoms. The van der Waals surface area contributed by atoms with E-state index in [1.54, 1.807) is 37.3 Å². The van der Waals surface area contributed by atoms with Gasteiger partial charge in [0.05, 0.1) is 17.3 Å². The number of halogens is 1. The Kier molecular flexibility index (Phi) is 4.37. The number of rotatable bonds is 4. The number of likely N-dealkylation sites (N-methyl/N-ethyl adjacent to an activating group) is 1. The van der Waals surface area contributed by atoms with Crippen LogP contribution in [-0.2, 0) is 9.53 Å². The van der Waals surface area contributed by atoms with E-state index in [4.69, 9.17) is 16.3 Å². The lowest BCUT2D eigenvalue weighted by molar-refractivity contribution is -0.141. The highest BCUT2D eigenvalue weighted by molar-refractivity contribution is 6.33. The van der Waals surface area contributed by atoms with E-state index >= 15 is 0 Å². The molecule has 0 amide bonds. The third kappa shape index (κ3) is 3.40. The minimum absolute atomic E-state index is 0.178. The summed E-state index contributed by atoms with van der Waals surface area (Å²) < 4.78 is 4.83. The molecule has 0 radical (unpaired) electrons. The van der Waals surface area contributed by atoms with Crippen LogP contribution in [0.4, 0.5) is 5.69 Å². The Balaban J connectivity index is 2.65. The van der Waals surface area contributed by atoms with Crippen molar-refractivity contribution in [3.8, 4) is 0 Å². The summed E-state index contributed by atoms with van der Waals surface area (Å²) in [6.07, 6.45) is 3.17. The molecule has 0 N–H and O–H groups in total. The number of hydrogen-bond acceptors (Lipinski definition) is 4. The van der Waals surface area contributed by atoms with Crippen molar-refractivity contribution in [3.05, 3.63) is 23.5 Å². The molecule has 4 nitrogen and oxygen atoms in total. The number of nitrogens with zero attached hydrogens (tertiary/aromatic N) is 2. The first kappa shape index (κ1) is 11.8. The molecule has 1 aromatic heterocycles. The molecule has 5 heteroatoms. The van der Waals surface area contributed by atoms with Gasteiger partial charge in [-0.3, -0.25) is 9.78 Å². The molecule has 0 atom stereocenters. The molecule has 1 rings (SSSR count). The number of ether oxygens (including phenoxy) is 1.